The van der Waals surface area contributed by atoms with Crippen molar-refractivity contribution in [2.24, 2.45) is 5.41 Å². The van der Waals surface area contributed by atoms with Crippen molar-refractivity contribution in [1.82, 2.24) is 0 Å². The first-order valence-electron chi connectivity index (χ1n) is 5.17. The number of carbonyl (C=O) groups is 1. The second kappa shape index (κ2) is 5.10. The number of hydrogen-bond acceptors (Lipinski definition) is 2. The minimum Gasteiger partial charge on any atom is -0.325 e. The largest absolute Gasteiger partial charge is 0.417 e. The first-order chi connectivity index (χ1) is 8.58. The molecule has 1 aromatic carbocycles. The Labute approximate surface area is 113 Å². The first kappa shape index (κ1) is 15.3. The Hall–Kier alpha value is -1.74. The number of amides is 1. The van der Waals surface area contributed by atoms with Gasteiger partial charge in [0.05, 0.1) is 16.7 Å². The van der Waals surface area contributed by atoms with Gasteiger partial charge >= 0.3 is 6.18 Å². The summed E-state index contributed by atoms with van der Waals surface area (Å²) in [5.74, 6) is -0.689. The van der Waals surface area contributed by atoms with E-state index in [1.807, 2.05) is 0 Å². The molecule has 0 fully saturated rings. The van der Waals surface area contributed by atoms with Gasteiger partial charge in [-0.3, -0.25) is 4.79 Å². The van der Waals surface area contributed by atoms with Crippen molar-refractivity contribution >= 4 is 23.2 Å². The molecule has 0 radical (unpaired) electrons. The van der Waals surface area contributed by atoms with E-state index >= 15 is 0 Å². The van der Waals surface area contributed by atoms with E-state index in [0.29, 0.717) is 0 Å². The highest BCUT2D eigenvalue weighted by atomic mass is 35.5. The number of alkyl halides is 3. The van der Waals surface area contributed by atoms with Gasteiger partial charge in [0.1, 0.15) is 5.41 Å². The normalized spacial score (nSPS) is 11.8. The fourth-order valence-electron chi connectivity index (χ4n) is 1.16. The highest BCUT2D eigenvalue weighted by Crippen LogP contribution is 2.36. The number of rotatable bonds is 2. The van der Waals surface area contributed by atoms with Crippen molar-refractivity contribution in [2.45, 2.75) is 20.0 Å². The summed E-state index contributed by atoms with van der Waals surface area (Å²) >= 11 is 5.45. The van der Waals surface area contributed by atoms with Crippen LogP contribution in [0.15, 0.2) is 18.2 Å². The first-order valence-corrected chi connectivity index (χ1v) is 5.55. The van der Waals surface area contributed by atoms with E-state index in [4.69, 9.17) is 16.9 Å². The van der Waals surface area contributed by atoms with Crippen LogP contribution in [0.4, 0.5) is 18.9 Å². The van der Waals surface area contributed by atoms with Gasteiger partial charge in [0.25, 0.3) is 0 Å². The van der Waals surface area contributed by atoms with E-state index < -0.39 is 28.1 Å². The molecule has 0 spiro atoms. The summed E-state index contributed by atoms with van der Waals surface area (Å²) in [6.45, 7) is 2.73. The molecular formula is C12H10ClF3N2O. The van der Waals surface area contributed by atoms with Crippen LogP contribution in [0.1, 0.15) is 19.4 Å². The SMILES string of the molecule is CC(C)(C#N)C(=O)Nc1ccc(Cl)c(C(F)(F)F)c1. The number of hydrogen-bond donors (Lipinski definition) is 1. The van der Waals surface area contributed by atoms with Crippen LogP contribution in [0, 0.1) is 16.7 Å². The molecule has 1 aromatic rings. The highest BCUT2D eigenvalue weighted by Gasteiger charge is 2.34. The molecule has 0 saturated heterocycles. The predicted molar refractivity (Wildman–Crippen MR) is 64.5 cm³/mol. The van der Waals surface area contributed by atoms with Gasteiger partial charge in [-0.1, -0.05) is 11.6 Å². The van der Waals surface area contributed by atoms with E-state index in [0.717, 1.165) is 12.1 Å². The molecule has 19 heavy (non-hydrogen) atoms. The number of anilines is 1. The van der Waals surface area contributed by atoms with Crippen LogP contribution in [0.3, 0.4) is 0 Å². The average molecular weight is 291 g/mol. The third-order valence-corrected chi connectivity index (χ3v) is 2.71. The molecule has 0 aliphatic carbocycles. The Bertz CT molecular complexity index is 547. The predicted octanol–water partition coefficient (Wildman–Crippen LogP) is 3.85. The van der Waals surface area contributed by atoms with Crippen LogP contribution in [-0.4, -0.2) is 5.91 Å². The molecule has 0 atom stereocenters. The van der Waals surface area contributed by atoms with Crippen molar-refractivity contribution in [3.8, 4) is 6.07 Å². The van der Waals surface area contributed by atoms with Crippen molar-refractivity contribution < 1.29 is 18.0 Å². The number of halogens is 4. The van der Waals surface area contributed by atoms with Crippen molar-refractivity contribution in [3.05, 3.63) is 28.8 Å². The smallest absolute Gasteiger partial charge is 0.325 e. The number of nitrogens with zero attached hydrogens (tertiary/aromatic N) is 1. The molecule has 1 N–H and O–H groups in total. The lowest BCUT2D eigenvalue weighted by atomic mass is 9.94. The second-order valence-corrected chi connectivity index (χ2v) is 4.79. The summed E-state index contributed by atoms with van der Waals surface area (Å²) in [4.78, 5) is 11.7. The number of benzene rings is 1. The van der Waals surface area contributed by atoms with E-state index in [2.05, 4.69) is 5.32 Å². The quantitative estimate of drug-likeness (QED) is 0.899. The highest BCUT2D eigenvalue weighted by molar-refractivity contribution is 6.31. The minimum atomic E-state index is -4.61. The monoisotopic (exact) mass is 290 g/mol. The van der Waals surface area contributed by atoms with Crippen LogP contribution in [-0.2, 0) is 11.0 Å². The van der Waals surface area contributed by atoms with Crippen LogP contribution in [0.25, 0.3) is 0 Å². The van der Waals surface area contributed by atoms with Crippen LogP contribution >= 0.6 is 11.6 Å². The molecule has 0 saturated carbocycles. The van der Waals surface area contributed by atoms with Gasteiger partial charge in [0.15, 0.2) is 0 Å². The van der Waals surface area contributed by atoms with E-state index in [-0.39, 0.29) is 5.69 Å². The molecular weight excluding hydrogens is 281 g/mol. The summed E-state index contributed by atoms with van der Waals surface area (Å²) in [5.41, 5.74) is -2.44. The second-order valence-electron chi connectivity index (χ2n) is 4.38. The Morgan fingerprint density at radius 1 is 1.37 bits per heavy atom. The standard InChI is InChI=1S/C12H10ClF3N2O/c1-11(2,6-17)10(19)18-7-3-4-9(13)8(5-7)12(14,15)16/h3-5H,1-2H3,(H,18,19). The number of nitriles is 1. The fraction of sp³-hybridized carbons (Fsp3) is 0.333. The molecule has 0 aliphatic rings. The maximum absolute atomic E-state index is 12.6. The molecule has 0 bridgehead atoms. The van der Waals surface area contributed by atoms with Gasteiger partial charge in [0, 0.05) is 5.69 Å². The van der Waals surface area contributed by atoms with Gasteiger partial charge in [-0.15, -0.1) is 0 Å². The molecule has 1 rings (SSSR count). The summed E-state index contributed by atoms with van der Waals surface area (Å²) in [5, 5.41) is 10.6. The summed E-state index contributed by atoms with van der Waals surface area (Å²) in [6.07, 6.45) is -4.61. The van der Waals surface area contributed by atoms with E-state index in [1.165, 1.54) is 19.9 Å². The molecule has 7 heteroatoms. The lowest BCUT2D eigenvalue weighted by Crippen LogP contribution is -2.29. The van der Waals surface area contributed by atoms with Crippen molar-refractivity contribution in [2.75, 3.05) is 5.32 Å². The lowest BCUT2D eigenvalue weighted by molar-refractivity contribution is -0.137. The molecule has 0 aromatic heterocycles. The zero-order valence-corrected chi connectivity index (χ0v) is 10.9. The molecule has 1 amide bonds. The topological polar surface area (TPSA) is 52.9 Å². The maximum Gasteiger partial charge on any atom is 0.417 e. The van der Waals surface area contributed by atoms with Gasteiger partial charge in [0.2, 0.25) is 5.91 Å². The third kappa shape index (κ3) is 3.61. The van der Waals surface area contributed by atoms with Crippen molar-refractivity contribution in [3.63, 3.8) is 0 Å². The van der Waals surface area contributed by atoms with Crippen LogP contribution < -0.4 is 5.32 Å². The molecule has 102 valence electrons. The van der Waals surface area contributed by atoms with Crippen molar-refractivity contribution in [1.29, 1.82) is 5.26 Å². The van der Waals surface area contributed by atoms with Gasteiger partial charge < -0.3 is 5.32 Å². The van der Waals surface area contributed by atoms with E-state index in [9.17, 15) is 18.0 Å². The Kier molecular flexibility index (Phi) is 4.11. The zero-order chi connectivity index (χ0) is 14.8. The minimum absolute atomic E-state index is 0.0648. The van der Waals surface area contributed by atoms with Gasteiger partial charge in [-0.25, -0.2) is 0 Å². The molecule has 0 aliphatic heterocycles. The van der Waals surface area contributed by atoms with Gasteiger partial charge in [-0.2, -0.15) is 18.4 Å². The lowest BCUT2D eigenvalue weighted by Gasteiger charge is -2.16. The summed E-state index contributed by atoms with van der Waals surface area (Å²) in [6, 6.07) is 4.77. The third-order valence-electron chi connectivity index (χ3n) is 2.38. The Morgan fingerprint density at radius 2 is 1.95 bits per heavy atom. The number of carbonyl (C=O) groups excluding carboxylic acids is 1. The molecule has 3 nitrogen and oxygen atoms in total. The molecule has 0 unspecified atom stereocenters. The Balaban J connectivity index is 3.06. The number of nitrogens with one attached hydrogen (secondary N) is 1. The van der Waals surface area contributed by atoms with E-state index in [1.54, 1.807) is 6.07 Å². The summed E-state index contributed by atoms with van der Waals surface area (Å²) in [7, 11) is 0. The molecule has 0 heterocycles. The van der Waals surface area contributed by atoms with Gasteiger partial charge in [-0.05, 0) is 32.0 Å². The van der Waals surface area contributed by atoms with Crippen LogP contribution in [0.2, 0.25) is 5.02 Å². The summed E-state index contributed by atoms with van der Waals surface area (Å²) < 4.78 is 37.9. The fourth-order valence-corrected chi connectivity index (χ4v) is 1.38. The van der Waals surface area contributed by atoms with Crippen LogP contribution in [0.5, 0.6) is 0 Å². The zero-order valence-electron chi connectivity index (χ0n) is 10.1. The average Bonchev–Trinajstić information content (AvgIpc) is 2.30. The Morgan fingerprint density at radius 3 is 2.42 bits per heavy atom. The maximum atomic E-state index is 12.6.